The van der Waals surface area contributed by atoms with Gasteiger partial charge in [-0.25, -0.2) is 4.98 Å². The van der Waals surface area contributed by atoms with Crippen molar-refractivity contribution in [3.05, 3.63) is 15.6 Å². The Kier molecular flexibility index (Phi) is 10.00. The molecule has 1 unspecified atom stereocenters. The number of aromatic nitrogens is 1. The van der Waals surface area contributed by atoms with Crippen LogP contribution in [0.15, 0.2) is 4.99 Å². The maximum Gasteiger partial charge on any atom is 0.191 e. The fraction of sp³-hybridized carbons (Fsp3) is 0.733. The standard InChI is InChI=1S/C15H26N4O2S.HI/c1-11-12(2)22-14(19-11)9-18-15(16-3)17-6-8-20-10-13-5-4-7-21-13;/h13H,4-10H2,1-3H3,(H2,16,17,18);1H. The van der Waals surface area contributed by atoms with Crippen LogP contribution in [0.4, 0.5) is 0 Å². The van der Waals surface area contributed by atoms with Crippen LogP contribution in [-0.2, 0) is 16.0 Å². The van der Waals surface area contributed by atoms with E-state index in [2.05, 4.69) is 27.5 Å². The molecule has 6 nitrogen and oxygen atoms in total. The van der Waals surface area contributed by atoms with Gasteiger partial charge in [0.15, 0.2) is 5.96 Å². The largest absolute Gasteiger partial charge is 0.377 e. The first kappa shape index (κ1) is 20.6. The Hall–Kier alpha value is -0.450. The van der Waals surface area contributed by atoms with Crippen molar-refractivity contribution in [3.63, 3.8) is 0 Å². The van der Waals surface area contributed by atoms with Crippen LogP contribution < -0.4 is 10.6 Å². The molecule has 0 saturated carbocycles. The van der Waals surface area contributed by atoms with Crippen molar-refractivity contribution in [2.24, 2.45) is 4.99 Å². The SMILES string of the molecule is CN=C(NCCOCC1CCCO1)NCc1nc(C)c(C)s1.I. The van der Waals surface area contributed by atoms with E-state index >= 15 is 0 Å². The van der Waals surface area contributed by atoms with E-state index in [1.54, 1.807) is 18.4 Å². The van der Waals surface area contributed by atoms with E-state index in [-0.39, 0.29) is 30.1 Å². The summed E-state index contributed by atoms with van der Waals surface area (Å²) in [6.45, 7) is 7.75. The van der Waals surface area contributed by atoms with Crippen LogP contribution in [0.3, 0.4) is 0 Å². The molecule has 0 amide bonds. The fourth-order valence-corrected chi connectivity index (χ4v) is 3.10. The van der Waals surface area contributed by atoms with E-state index in [0.29, 0.717) is 19.8 Å². The van der Waals surface area contributed by atoms with Gasteiger partial charge in [0.25, 0.3) is 0 Å². The highest BCUT2D eigenvalue weighted by Gasteiger charge is 2.14. The molecule has 2 N–H and O–H groups in total. The number of halogens is 1. The molecule has 2 rings (SSSR count). The number of nitrogens with zero attached hydrogens (tertiary/aromatic N) is 2. The zero-order valence-electron chi connectivity index (χ0n) is 14.1. The number of guanidine groups is 1. The summed E-state index contributed by atoms with van der Waals surface area (Å²) < 4.78 is 11.1. The Bertz CT molecular complexity index is 470. The van der Waals surface area contributed by atoms with E-state index in [0.717, 1.165) is 42.7 Å². The second-order valence-corrected chi connectivity index (χ2v) is 6.60. The fourth-order valence-electron chi connectivity index (χ4n) is 2.23. The van der Waals surface area contributed by atoms with Gasteiger partial charge in [0.1, 0.15) is 5.01 Å². The minimum absolute atomic E-state index is 0. The number of rotatable bonds is 7. The van der Waals surface area contributed by atoms with Gasteiger partial charge in [-0.05, 0) is 26.7 Å². The molecule has 1 atom stereocenters. The third kappa shape index (κ3) is 7.32. The first-order valence-corrected chi connectivity index (χ1v) is 8.57. The van der Waals surface area contributed by atoms with E-state index < -0.39 is 0 Å². The summed E-state index contributed by atoms with van der Waals surface area (Å²) in [6.07, 6.45) is 2.55. The predicted molar refractivity (Wildman–Crippen MR) is 105 cm³/mol. The van der Waals surface area contributed by atoms with Crippen LogP contribution in [0.25, 0.3) is 0 Å². The van der Waals surface area contributed by atoms with Gasteiger partial charge in [0.05, 0.1) is 31.6 Å². The number of nitrogens with one attached hydrogen (secondary N) is 2. The molecule has 1 fully saturated rings. The van der Waals surface area contributed by atoms with Crippen molar-refractivity contribution in [2.75, 3.05) is 33.4 Å². The Morgan fingerprint density at radius 3 is 2.87 bits per heavy atom. The van der Waals surface area contributed by atoms with Crippen molar-refractivity contribution in [3.8, 4) is 0 Å². The van der Waals surface area contributed by atoms with Gasteiger partial charge >= 0.3 is 0 Å². The normalized spacial score (nSPS) is 17.9. The molecular weight excluding hydrogens is 427 g/mol. The summed E-state index contributed by atoms with van der Waals surface area (Å²) in [5.41, 5.74) is 1.10. The second-order valence-electron chi connectivity index (χ2n) is 5.31. The molecule has 0 bridgehead atoms. The highest BCUT2D eigenvalue weighted by atomic mass is 127. The molecule has 1 aliphatic rings. The van der Waals surface area contributed by atoms with Gasteiger partial charge in [0, 0.05) is 25.1 Å². The Balaban J connectivity index is 0.00000264. The van der Waals surface area contributed by atoms with Crippen molar-refractivity contribution in [1.82, 2.24) is 15.6 Å². The van der Waals surface area contributed by atoms with Gasteiger partial charge in [-0.15, -0.1) is 35.3 Å². The van der Waals surface area contributed by atoms with Crippen molar-refractivity contribution in [1.29, 1.82) is 0 Å². The van der Waals surface area contributed by atoms with Crippen LogP contribution in [-0.4, -0.2) is 50.5 Å². The number of thiazole rings is 1. The molecule has 1 aromatic rings. The molecule has 1 aliphatic heterocycles. The van der Waals surface area contributed by atoms with Crippen LogP contribution in [0.2, 0.25) is 0 Å². The Morgan fingerprint density at radius 2 is 2.26 bits per heavy atom. The number of hydrogen-bond acceptors (Lipinski definition) is 5. The summed E-state index contributed by atoms with van der Waals surface area (Å²) in [4.78, 5) is 9.97. The van der Waals surface area contributed by atoms with Crippen LogP contribution in [0, 0.1) is 13.8 Å². The summed E-state index contributed by atoms with van der Waals surface area (Å²) in [6, 6.07) is 0. The lowest BCUT2D eigenvalue weighted by molar-refractivity contribution is 0.0191. The lowest BCUT2D eigenvalue weighted by atomic mass is 10.2. The van der Waals surface area contributed by atoms with Gasteiger partial charge in [-0.1, -0.05) is 0 Å². The molecule has 0 spiro atoms. The smallest absolute Gasteiger partial charge is 0.191 e. The third-order valence-corrected chi connectivity index (χ3v) is 4.64. The predicted octanol–water partition coefficient (Wildman–Crippen LogP) is 2.24. The lowest BCUT2D eigenvalue weighted by Gasteiger charge is -2.12. The van der Waals surface area contributed by atoms with Gasteiger partial charge in [-0.2, -0.15) is 0 Å². The molecule has 0 radical (unpaired) electrons. The van der Waals surface area contributed by atoms with E-state index in [4.69, 9.17) is 9.47 Å². The quantitative estimate of drug-likeness (QED) is 0.286. The van der Waals surface area contributed by atoms with Crippen LogP contribution >= 0.6 is 35.3 Å². The highest BCUT2D eigenvalue weighted by molar-refractivity contribution is 14.0. The van der Waals surface area contributed by atoms with E-state index in [9.17, 15) is 0 Å². The highest BCUT2D eigenvalue weighted by Crippen LogP contribution is 2.15. The lowest BCUT2D eigenvalue weighted by Crippen LogP contribution is -2.38. The van der Waals surface area contributed by atoms with Crippen LogP contribution in [0.1, 0.15) is 28.4 Å². The molecule has 1 aromatic heterocycles. The topological polar surface area (TPSA) is 67.8 Å². The zero-order chi connectivity index (χ0) is 15.8. The average Bonchev–Trinajstić information content (AvgIpc) is 3.12. The van der Waals surface area contributed by atoms with Crippen molar-refractivity contribution in [2.45, 2.75) is 39.3 Å². The number of ether oxygens (including phenoxy) is 2. The van der Waals surface area contributed by atoms with Gasteiger partial charge < -0.3 is 20.1 Å². The van der Waals surface area contributed by atoms with Crippen molar-refractivity contribution < 1.29 is 9.47 Å². The molecule has 2 heterocycles. The second kappa shape index (κ2) is 11.2. The maximum atomic E-state index is 5.61. The molecule has 23 heavy (non-hydrogen) atoms. The molecule has 0 aromatic carbocycles. The summed E-state index contributed by atoms with van der Waals surface area (Å²) in [5, 5.41) is 7.58. The Labute approximate surface area is 159 Å². The first-order valence-electron chi connectivity index (χ1n) is 7.76. The third-order valence-electron chi connectivity index (χ3n) is 3.57. The minimum Gasteiger partial charge on any atom is -0.377 e. The number of hydrogen-bond donors (Lipinski definition) is 2. The summed E-state index contributed by atoms with van der Waals surface area (Å²) in [5.74, 6) is 0.770. The molecule has 132 valence electrons. The first-order chi connectivity index (χ1) is 10.7. The molecular formula is C15H27IN4O2S. The maximum absolute atomic E-state index is 5.61. The van der Waals surface area contributed by atoms with Crippen molar-refractivity contribution >= 4 is 41.3 Å². The summed E-state index contributed by atoms with van der Waals surface area (Å²) >= 11 is 1.72. The van der Waals surface area contributed by atoms with E-state index in [1.807, 2.05) is 6.92 Å². The van der Waals surface area contributed by atoms with Crippen LogP contribution in [0.5, 0.6) is 0 Å². The minimum atomic E-state index is 0. The summed E-state index contributed by atoms with van der Waals surface area (Å²) in [7, 11) is 1.76. The monoisotopic (exact) mass is 454 g/mol. The average molecular weight is 454 g/mol. The molecule has 1 saturated heterocycles. The Morgan fingerprint density at radius 1 is 1.43 bits per heavy atom. The van der Waals surface area contributed by atoms with Gasteiger partial charge in [-0.3, -0.25) is 4.99 Å². The zero-order valence-corrected chi connectivity index (χ0v) is 17.2. The van der Waals surface area contributed by atoms with Gasteiger partial charge in [0.2, 0.25) is 0 Å². The molecule has 8 heteroatoms. The number of aliphatic imine (C=N–C) groups is 1. The number of aryl methyl sites for hydroxylation is 2. The van der Waals surface area contributed by atoms with E-state index in [1.165, 1.54) is 4.88 Å². The molecule has 0 aliphatic carbocycles.